The minimum Gasteiger partial charge on any atom is -0.381 e. The molecule has 2 nitrogen and oxygen atoms in total. The van der Waals surface area contributed by atoms with Gasteiger partial charge in [0.1, 0.15) is 0 Å². The molecule has 0 bridgehead atoms. The van der Waals surface area contributed by atoms with Crippen molar-refractivity contribution in [2.75, 3.05) is 19.8 Å². The van der Waals surface area contributed by atoms with E-state index in [0.717, 1.165) is 45.0 Å². The second-order valence-electron chi connectivity index (χ2n) is 3.87. The molecule has 2 fully saturated rings. The lowest BCUT2D eigenvalue weighted by Gasteiger charge is -2.11. The van der Waals surface area contributed by atoms with E-state index in [4.69, 9.17) is 9.47 Å². The van der Waals surface area contributed by atoms with E-state index in [0.29, 0.717) is 6.61 Å². The van der Waals surface area contributed by atoms with Crippen molar-refractivity contribution in [1.82, 2.24) is 0 Å². The average Bonchev–Trinajstić information content (AvgIpc) is 2.71. The van der Waals surface area contributed by atoms with E-state index in [2.05, 4.69) is 6.58 Å². The highest BCUT2D eigenvalue weighted by molar-refractivity contribution is 4.95. The smallest absolute Gasteiger partial charge is 0.268 e. The topological polar surface area (TPSA) is 18.5 Å². The quantitative estimate of drug-likeness (QED) is 0.665. The van der Waals surface area contributed by atoms with E-state index in [9.17, 15) is 8.78 Å². The lowest BCUT2D eigenvalue weighted by molar-refractivity contribution is 0.119. The average molecular weight is 252 g/mol. The highest BCUT2D eigenvalue weighted by Crippen LogP contribution is 2.15. The van der Waals surface area contributed by atoms with Crippen LogP contribution in [0, 0.1) is 0 Å². The first-order valence-electron chi connectivity index (χ1n) is 5.57. The van der Waals surface area contributed by atoms with Gasteiger partial charge < -0.3 is 9.47 Å². The molecule has 0 spiro atoms. The fraction of sp³-hybridized carbons (Fsp3) is 0.667. The molecular weight excluding hydrogens is 233 g/mol. The van der Waals surface area contributed by atoms with E-state index in [1.807, 2.05) is 0 Å². The number of rotatable bonds is 1. The fourth-order valence-electron chi connectivity index (χ4n) is 1.53. The van der Waals surface area contributed by atoms with Crippen LogP contribution in [0.25, 0.3) is 0 Å². The third kappa shape index (κ3) is 7.99. The molecule has 2 aliphatic heterocycles. The molecule has 2 rings (SSSR count). The molecule has 0 N–H and O–H groups in total. The van der Waals surface area contributed by atoms with Crippen molar-refractivity contribution in [3.05, 3.63) is 24.3 Å². The van der Waals surface area contributed by atoms with Crippen LogP contribution < -0.4 is 0 Å². The number of hydrogen-bond donors (Lipinski definition) is 0. The van der Waals surface area contributed by atoms with Crippen LogP contribution in [0.3, 0.4) is 0 Å². The Bertz CT molecular complexity index is 236. The minimum atomic E-state index is -1.64. The van der Waals surface area contributed by atoms with Gasteiger partial charge in [-0.15, -0.1) is 0 Å². The third-order valence-electron chi connectivity index (χ3n) is 2.48. The Morgan fingerprint density at radius 1 is 1.24 bits per heavy atom. The predicted molar refractivity (Wildman–Crippen MR) is 61.0 cm³/mol. The highest BCUT2D eigenvalue weighted by Gasteiger charge is 2.13. The van der Waals surface area contributed by atoms with E-state index in [-0.39, 0.29) is 10.8 Å². The maximum Gasteiger partial charge on any atom is 0.268 e. The molecule has 0 amide bonds. The van der Waals surface area contributed by atoms with Crippen molar-refractivity contribution in [2.24, 2.45) is 0 Å². The summed E-state index contributed by atoms with van der Waals surface area (Å²) in [6, 6.07) is 0. The van der Waals surface area contributed by atoms with Crippen molar-refractivity contribution < 1.29 is 23.0 Å². The van der Waals surface area contributed by atoms with Crippen molar-refractivity contribution in [3.63, 3.8) is 0 Å². The van der Waals surface area contributed by atoms with Gasteiger partial charge in [0, 0.05) is 12.7 Å². The zero-order chi connectivity index (χ0) is 11.8. The van der Waals surface area contributed by atoms with E-state index in [1.54, 1.807) is 0 Å². The van der Waals surface area contributed by atoms with Crippen LogP contribution in [0.1, 0.15) is 25.7 Å². The van der Waals surface area contributed by atoms with Crippen molar-refractivity contribution in [3.8, 4) is 0 Å². The Balaban J connectivity index is 0.000000292. The summed E-state index contributed by atoms with van der Waals surface area (Å²) < 4.78 is 32.9. The molecule has 2 aliphatic rings. The van der Waals surface area contributed by atoms with Gasteiger partial charge in [-0.25, -0.2) is 0 Å². The van der Waals surface area contributed by atoms with Crippen LogP contribution in [0.15, 0.2) is 24.3 Å². The summed E-state index contributed by atoms with van der Waals surface area (Å²) in [7, 11) is 0. The summed E-state index contributed by atoms with van der Waals surface area (Å²) >= 11 is 0. The number of halogens is 3. The summed E-state index contributed by atoms with van der Waals surface area (Å²) in [5, 5.41) is 0. The maximum absolute atomic E-state index is 11.5. The Hall–Kier alpha value is -0.810. The Kier molecular flexibility index (Phi) is 8.80. The SMILES string of the molecule is C=C1CCOCC1.F.FC(F)=CC1CCCO1. The predicted octanol–water partition coefficient (Wildman–Crippen LogP) is 3.45. The number of ether oxygens (including phenoxy) is 2. The molecule has 0 aliphatic carbocycles. The zero-order valence-electron chi connectivity index (χ0n) is 9.79. The van der Waals surface area contributed by atoms with Crippen molar-refractivity contribution in [1.29, 1.82) is 0 Å². The van der Waals surface area contributed by atoms with Crippen LogP contribution in [0.2, 0.25) is 0 Å². The Labute approximate surface area is 99.7 Å². The molecule has 0 aromatic heterocycles. The summed E-state index contributed by atoms with van der Waals surface area (Å²) in [6.07, 6.45) is 2.68. The van der Waals surface area contributed by atoms with Gasteiger partial charge >= 0.3 is 0 Å². The van der Waals surface area contributed by atoms with Crippen LogP contribution >= 0.6 is 0 Å². The normalized spacial score (nSPS) is 23.2. The molecule has 0 aromatic rings. The van der Waals surface area contributed by atoms with Gasteiger partial charge in [-0.3, -0.25) is 4.70 Å². The molecule has 2 heterocycles. The van der Waals surface area contributed by atoms with E-state index in [1.165, 1.54) is 5.57 Å². The zero-order valence-corrected chi connectivity index (χ0v) is 9.79. The molecule has 0 aromatic carbocycles. The molecular formula is C12H19F3O2. The highest BCUT2D eigenvalue weighted by atomic mass is 19.3. The summed E-state index contributed by atoms with van der Waals surface area (Å²) in [4.78, 5) is 0. The molecule has 5 heteroatoms. The Morgan fingerprint density at radius 2 is 1.88 bits per heavy atom. The van der Waals surface area contributed by atoms with E-state index < -0.39 is 6.08 Å². The fourth-order valence-corrected chi connectivity index (χ4v) is 1.53. The summed E-state index contributed by atoms with van der Waals surface area (Å²) in [5.41, 5.74) is 1.34. The van der Waals surface area contributed by atoms with Crippen molar-refractivity contribution >= 4 is 0 Å². The molecule has 1 unspecified atom stereocenters. The summed E-state index contributed by atoms with van der Waals surface area (Å²) in [5.74, 6) is 0. The lowest BCUT2D eigenvalue weighted by Crippen LogP contribution is -2.05. The van der Waals surface area contributed by atoms with Gasteiger partial charge in [0.2, 0.25) is 0 Å². The van der Waals surface area contributed by atoms with Crippen LogP contribution in [0.5, 0.6) is 0 Å². The van der Waals surface area contributed by atoms with Crippen molar-refractivity contribution in [2.45, 2.75) is 31.8 Å². The molecule has 100 valence electrons. The van der Waals surface area contributed by atoms with Crippen LogP contribution in [-0.2, 0) is 9.47 Å². The lowest BCUT2D eigenvalue weighted by atomic mass is 10.1. The molecule has 1 atom stereocenters. The summed E-state index contributed by atoms with van der Waals surface area (Å²) in [6.45, 7) is 6.23. The first kappa shape index (κ1) is 16.2. The first-order chi connectivity index (χ1) is 7.68. The number of hydrogen-bond acceptors (Lipinski definition) is 2. The minimum absolute atomic E-state index is 0. The third-order valence-corrected chi connectivity index (χ3v) is 2.48. The van der Waals surface area contributed by atoms with Gasteiger partial charge in [-0.2, -0.15) is 8.78 Å². The Morgan fingerprint density at radius 3 is 2.24 bits per heavy atom. The second-order valence-corrected chi connectivity index (χ2v) is 3.87. The van der Waals surface area contributed by atoms with Gasteiger partial charge in [-0.1, -0.05) is 12.2 Å². The molecule has 2 saturated heterocycles. The van der Waals surface area contributed by atoms with E-state index >= 15 is 0 Å². The monoisotopic (exact) mass is 252 g/mol. The van der Waals surface area contributed by atoms with Gasteiger partial charge in [-0.05, 0) is 25.7 Å². The largest absolute Gasteiger partial charge is 0.381 e. The van der Waals surface area contributed by atoms with Gasteiger partial charge in [0.25, 0.3) is 6.08 Å². The van der Waals surface area contributed by atoms with Gasteiger partial charge in [0.15, 0.2) is 0 Å². The van der Waals surface area contributed by atoms with Crippen LogP contribution in [0.4, 0.5) is 13.5 Å². The molecule has 0 radical (unpaired) electrons. The maximum atomic E-state index is 11.5. The van der Waals surface area contributed by atoms with Gasteiger partial charge in [0.05, 0.1) is 19.3 Å². The van der Waals surface area contributed by atoms with Crippen LogP contribution in [-0.4, -0.2) is 25.9 Å². The second kappa shape index (κ2) is 9.24. The standard InChI is InChI=1S/C6H8F2O.C6H10O.FH/c7-6(8)4-5-2-1-3-9-5;1-6-2-4-7-5-3-6;/h4-5H,1-3H2;1-5H2;1H. The first-order valence-corrected chi connectivity index (χ1v) is 5.57. The molecule has 17 heavy (non-hydrogen) atoms. The molecule has 0 saturated carbocycles.